The predicted molar refractivity (Wildman–Crippen MR) is 46.9 cm³/mol. The molecule has 0 saturated heterocycles. The Morgan fingerprint density at radius 1 is 1.73 bits per heavy atom. The van der Waals surface area contributed by atoms with Gasteiger partial charge in [-0.05, 0) is 6.07 Å². The van der Waals surface area contributed by atoms with Crippen LogP contribution in [0.5, 0.6) is 0 Å². The van der Waals surface area contributed by atoms with Gasteiger partial charge in [0.2, 0.25) is 0 Å². The molecule has 0 aliphatic rings. The summed E-state index contributed by atoms with van der Waals surface area (Å²) >= 11 is 0. The molecule has 7 heteroatoms. The van der Waals surface area contributed by atoms with Gasteiger partial charge in [0, 0.05) is 6.20 Å². The summed E-state index contributed by atoms with van der Waals surface area (Å²) in [5.41, 5.74) is -0.628. The second kappa shape index (κ2) is 4.15. The fourth-order valence-corrected chi connectivity index (χ4v) is 1.05. The molecule has 0 spiro atoms. The maximum absolute atomic E-state index is 10.6. The minimum absolute atomic E-state index is 0.162. The number of carboxylic acids is 1. The number of nitrogens with zero attached hydrogens (tertiary/aromatic N) is 3. The van der Waals surface area contributed by atoms with E-state index in [4.69, 9.17) is 10.4 Å². The summed E-state index contributed by atoms with van der Waals surface area (Å²) < 4.78 is 0. The SMILES string of the molecule is N#CC(C(=O)O)c1ccncc1[N+](=O)[O-]. The van der Waals surface area contributed by atoms with Crippen LogP contribution in [0.25, 0.3) is 0 Å². The van der Waals surface area contributed by atoms with Crippen molar-refractivity contribution in [1.82, 2.24) is 4.98 Å². The van der Waals surface area contributed by atoms with Gasteiger partial charge in [0.25, 0.3) is 5.69 Å². The van der Waals surface area contributed by atoms with E-state index >= 15 is 0 Å². The van der Waals surface area contributed by atoms with Crippen molar-refractivity contribution in [2.45, 2.75) is 5.92 Å². The van der Waals surface area contributed by atoms with Crippen molar-refractivity contribution in [1.29, 1.82) is 5.26 Å². The van der Waals surface area contributed by atoms with Crippen LogP contribution in [0.3, 0.4) is 0 Å². The number of nitriles is 1. The Bertz CT molecular complexity index is 451. The van der Waals surface area contributed by atoms with Gasteiger partial charge < -0.3 is 5.11 Å². The van der Waals surface area contributed by atoms with Crippen LogP contribution in [-0.4, -0.2) is 21.0 Å². The number of hydrogen-bond acceptors (Lipinski definition) is 5. The Morgan fingerprint density at radius 3 is 2.87 bits per heavy atom. The number of hydrogen-bond donors (Lipinski definition) is 1. The molecular formula is C8H5N3O4. The number of aliphatic carboxylic acids is 1. The molecule has 7 nitrogen and oxygen atoms in total. The summed E-state index contributed by atoms with van der Waals surface area (Å²) in [6.45, 7) is 0. The van der Waals surface area contributed by atoms with Crippen molar-refractivity contribution in [2.24, 2.45) is 0 Å². The highest BCUT2D eigenvalue weighted by atomic mass is 16.6. The molecule has 1 heterocycles. The monoisotopic (exact) mass is 207 g/mol. The predicted octanol–water partition coefficient (Wildman–Crippen LogP) is 0.682. The van der Waals surface area contributed by atoms with Gasteiger partial charge in [0.1, 0.15) is 6.20 Å². The van der Waals surface area contributed by atoms with Crippen molar-refractivity contribution < 1.29 is 14.8 Å². The van der Waals surface area contributed by atoms with E-state index in [-0.39, 0.29) is 5.56 Å². The van der Waals surface area contributed by atoms with Crippen LogP contribution < -0.4 is 0 Å². The highest BCUT2D eigenvalue weighted by Crippen LogP contribution is 2.24. The molecule has 1 N–H and O–H groups in total. The van der Waals surface area contributed by atoms with Crippen LogP contribution in [0.1, 0.15) is 11.5 Å². The third kappa shape index (κ3) is 2.05. The molecule has 76 valence electrons. The Kier molecular flexibility index (Phi) is 2.93. The van der Waals surface area contributed by atoms with Crippen LogP contribution in [-0.2, 0) is 4.79 Å². The number of nitro groups is 1. The normalized spacial score (nSPS) is 11.4. The molecule has 0 saturated carbocycles. The topological polar surface area (TPSA) is 117 Å². The molecule has 0 aliphatic heterocycles. The first-order valence-electron chi connectivity index (χ1n) is 3.78. The standard InChI is InChI=1S/C8H5N3O4/c9-3-6(8(12)13)5-1-2-10-4-7(5)11(14)15/h1-2,4,6H,(H,12,13). The van der Waals surface area contributed by atoms with Crippen LogP contribution in [0.4, 0.5) is 5.69 Å². The van der Waals surface area contributed by atoms with Gasteiger partial charge in [0.05, 0.1) is 16.6 Å². The lowest BCUT2D eigenvalue weighted by molar-refractivity contribution is -0.385. The molecule has 1 atom stereocenters. The number of carbonyl (C=O) groups is 1. The summed E-state index contributed by atoms with van der Waals surface area (Å²) in [5, 5.41) is 27.8. The molecular weight excluding hydrogens is 202 g/mol. The average molecular weight is 207 g/mol. The number of pyridine rings is 1. The lowest BCUT2D eigenvalue weighted by atomic mass is 10.0. The van der Waals surface area contributed by atoms with Gasteiger partial charge in [0.15, 0.2) is 5.92 Å². The largest absolute Gasteiger partial charge is 0.480 e. The van der Waals surface area contributed by atoms with Gasteiger partial charge in [-0.15, -0.1) is 0 Å². The molecule has 1 aromatic heterocycles. The lowest BCUT2D eigenvalue weighted by Crippen LogP contribution is -2.11. The van der Waals surface area contributed by atoms with Crippen molar-refractivity contribution in [2.75, 3.05) is 0 Å². The fourth-order valence-electron chi connectivity index (χ4n) is 1.05. The molecule has 0 fully saturated rings. The van der Waals surface area contributed by atoms with Crippen LogP contribution in [0.15, 0.2) is 18.5 Å². The van der Waals surface area contributed by atoms with Crippen molar-refractivity contribution >= 4 is 11.7 Å². The zero-order chi connectivity index (χ0) is 11.4. The van der Waals surface area contributed by atoms with E-state index in [0.29, 0.717) is 0 Å². The lowest BCUT2D eigenvalue weighted by Gasteiger charge is -2.03. The third-order valence-corrected chi connectivity index (χ3v) is 1.72. The Labute approximate surface area is 83.7 Å². The van der Waals surface area contributed by atoms with Gasteiger partial charge in [-0.1, -0.05) is 0 Å². The van der Waals surface area contributed by atoms with Crippen LogP contribution in [0.2, 0.25) is 0 Å². The highest BCUT2D eigenvalue weighted by molar-refractivity contribution is 5.80. The first-order valence-corrected chi connectivity index (χ1v) is 3.78. The minimum atomic E-state index is -1.55. The molecule has 1 aromatic rings. The van der Waals surface area contributed by atoms with Gasteiger partial charge in [-0.25, -0.2) is 0 Å². The zero-order valence-corrected chi connectivity index (χ0v) is 7.32. The molecule has 0 radical (unpaired) electrons. The minimum Gasteiger partial charge on any atom is -0.480 e. The number of carboxylic acid groups (broad SMARTS) is 1. The summed E-state index contributed by atoms with van der Waals surface area (Å²) in [6.07, 6.45) is 2.12. The third-order valence-electron chi connectivity index (χ3n) is 1.72. The maximum atomic E-state index is 10.6. The highest BCUT2D eigenvalue weighted by Gasteiger charge is 2.27. The van der Waals surface area contributed by atoms with Crippen molar-refractivity contribution in [3.05, 3.63) is 34.1 Å². The first kappa shape index (κ1) is 10.6. The Balaban J connectivity index is 3.30. The van der Waals surface area contributed by atoms with E-state index in [1.54, 1.807) is 0 Å². The van der Waals surface area contributed by atoms with Crippen molar-refractivity contribution in [3.8, 4) is 6.07 Å². The fraction of sp³-hybridized carbons (Fsp3) is 0.125. The number of aromatic nitrogens is 1. The van der Waals surface area contributed by atoms with Crippen molar-refractivity contribution in [3.63, 3.8) is 0 Å². The van der Waals surface area contributed by atoms with E-state index in [2.05, 4.69) is 4.98 Å². The van der Waals surface area contributed by atoms with Crippen LogP contribution >= 0.6 is 0 Å². The molecule has 0 bridgehead atoms. The van der Waals surface area contributed by atoms with E-state index in [1.165, 1.54) is 12.3 Å². The first-order chi connectivity index (χ1) is 7.07. The maximum Gasteiger partial charge on any atom is 0.325 e. The Hall–Kier alpha value is -2.49. The second-order valence-electron chi connectivity index (χ2n) is 2.59. The summed E-state index contributed by atoms with van der Waals surface area (Å²) in [4.78, 5) is 23.9. The van der Waals surface area contributed by atoms with Gasteiger partial charge >= 0.3 is 5.97 Å². The molecule has 0 amide bonds. The molecule has 0 aliphatic carbocycles. The molecule has 1 rings (SSSR count). The van der Waals surface area contributed by atoms with Crippen LogP contribution in [0, 0.1) is 21.4 Å². The molecule has 1 unspecified atom stereocenters. The Morgan fingerprint density at radius 2 is 2.40 bits per heavy atom. The van der Waals surface area contributed by atoms with Gasteiger partial charge in [-0.3, -0.25) is 19.9 Å². The zero-order valence-electron chi connectivity index (χ0n) is 7.32. The summed E-state index contributed by atoms with van der Waals surface area (Å²) in [6, 6.07) is 2.63. The number of rotatable bonds is 3. The van der Waals surface area contributed by atoms with E-state index in [1.807, 2.05) is 0 Å². The molecule has 15 heavy (non-hydrogen) atoms. The summed E-state index contributed by atoms with van der Waals surface area (Å²) in [7, 11) is 0. The van der Waals surface area contributed by atoms with E-state index < -0.39 is 22.5 Å². The quantitative estimate of drug-likeness (QED) is 0.575. The summed E-state index contributed by atoms with van der Waals surface area (Å²) in [5.74, 6) is -2.97. The van der Waals surface area contributed by atoms with E-state index in [9.17, 15) is 14.9 Å². The van der Waals surface area contributed by atoms with E-state index in [0.717, 1.165) is 12.3 Å². The smallest absolute Gasteiger partial charge is 0.325 e. The molecule has 0 aromatic carbocycles. The van der Waals surface area contributed by atoms with Gasteiger partial charge in [-0.2, -0.15) is 5.26 Å². The second-order valence-corrected chi connectivity index (χ2v) is 2.59. The average Bonchev–Trinajstić information content (AvgIpc) is 2.18.